The number of H-pyrrole nitrogens is 1. The summed E-state index contributed by atoms with van der Waals surface area (Å²) in [5.41, 5.74) is 4.67. The first-order chi connectivity index (χ1) is 18.0. The van der Waals surface area contributed by atoms with Crippen LogP contribution in [0.1, 0.15) is 33.9 Å². The summed E-state index contributed by atoms with van der Waals surface area (Å²) in [5, 5.41) is 22.0. The third-order valence-electron chi connectivity index (χ3n) is 5.78. The van der Waals surface area contributed by atoms with Crippen LogP contribution in [0.2, 0.25) is 10.0 Å². The molecule has 1 aliphatic heterocycles. The van der Waals surface area contributed by atoms with Gasteiger partial charge in [-0.05, 0) is 58.8 Å². The first kappa shape index (κ1) is 24.8. The molecule has 2 aromatic heterocycles. The van der Waals surface area contributed by atoms with Gasteiger partial charge in [-0.15, -0.1) is 5.10 Å². The SMILES string of the molecule is COC1C=NC(c2cc(-c3cc(Cl)cc(Cl)c3)nn2Cc2ccc(C(=O)NCc3nnn[nH]3)cc2)=CC1. The molecule has 37 heavy (non-hydrogen) atoms. The minimum atomic E-state index is -0.225. The van der Waals surface area contributed by atoms with Crippen LogP contribution in [-0.4, -0.2) is 55.7 Å². The molecular weight excluding hydrogens is 515 g/mol. The Balaban J connectivity index is 1.39. The maximum absolute atomic E-state index is 12.5. The second-order valence-electron chi connectivity index (χ2n) is 8.34. The van der Waals surface area contributed by atoms with Crippen LogP contribution in [-0.2, 0) is 17.8 Å². The molecule has 0 spiro atoms. The fourth-order valence-corrected chi connectivity index (χ4v) is 4.40. The molecule has 0 aliphatic carbocycles. The number of ether oxygens (including phenoxy) is 1. The van der Waals surface area contributed by atoms with Gasteiger partial charge in [-0.25, -0.2) is 5.10 Å². The summed E-state index contributed by atoms with van der Waals surface area (Å²) in [6.45, 7) is 0.677. The number of benzene rings is 2. The molecule has 0 saturated carbocycles. The molecule has 0 bridgehead atoms. The van der Waals surface area contributed by atoms with Crippen molar-refractivity contribution in [3.63, 3.8) is 0 Å². The maximum atomic E-state index is 12.5. The van der Waals surface area contributed by atoms with E-state index in [-0.39, 0.29) is 18.6 Å². The Morgan fingerprint density at radius 1 is 1.16 bits per heavy atom. The van der Waals surface area contributed by atoms with Crippen molar-refractivity contribution in [2.45, 2.75) is 25.6 Å². The third-order valence-corrected chi connectivity index (χ3v) is 6.22. The van der Waals surface area contributed by atoms with E-state index >= 15 is 0 Å². The van der Waals surface area contributed by atoms with Crippen molar-refractivity contribution in [1.82, 2.24) is 35.7 Å². The second-order valence-corrected chi connectivity index (χ2v) is 9.21. The molecule has 4 aromatic rings. The van der Waals surface area contributed by atoms with Crippen LogP contribution in [0.25, 0.3) is 17.0 Å². The van der Waals surface area contributed by atoms with E-state index in [1.807, 2.05) is 41.1 Å². The summed E-state index contributed by atoms with van der Waals surface area (Å²) in [5.74, 6) is 0.252. The Hall–Kier alpha value is -3.86. The van der Waals surface area contributed by atoms with E-state index in [1.165, 1.54) is 0 Å². The number of carbonyl (C=O) groups excluding carboxylic acids is 1. The highest BCUT2D eigenvalue weighted by atomic mass is 35.5. The molecule has 0 radical (unpaired) electrons. The molecule has 1 unspecified atom stereocenters. The van der Waals surface area contributed by atoms with E-state index in [0.29, 0.717) is 34.4 Å². The summed E-state index contributed by atoms with van der Waals surface area (Å²) >= 11 is 12.5. The largest absolute Gasteiger partial charge is 0.375 e. The first-order valence-electron chi connectivity index (χ1n) is 11.4. The number of hydrogen-bond acceptors (Lipinski definition) is 7. The smallest absolute Gasteiger partial charge is 0.251 e. The number of aromatic amines is 1. The number of amides is 1. The summed E-state index contributed by atoms with van der Waals surface area (Å²) in [4.78, 5) is 17.1. The molecule has 5 rings (SSSR count). The summed E-state index contributed by atoms with van der Waals surface area (Å²) < 4.78 is 7.26. The Bertz CT molecular complexity index is 1440. The topological polar surface area (TPSA) is 123 Å². The van der Waals surface area contributed by atoms with Gasteiger partial charge in [0.25, 0.3) is 5.91 Å². The van der Waals surface area contributed by atoms with E-state index < -0.39 is 0 Å². The van der Waals surface area contributed by atoms with Crippen LogP contribution in [0.5, 0.6) is 0 Å². The van der Waals surface area contributed by atoms with Crippen molar-refractivity contribution in [2.75, 3.05) is 7.11 Å². The van der Waals surface area contributed by atoms with E-state index in [1.54, 1.807) is 31.5 Å². The number of hydrogen-bond donors (Lipinski definition) is 2. The monoisotopic (exact) mass is 536 g/mol. The second kappa shape index (κ2) is 11.0. The lowest BCUT2D eigenvalue weighted by Gasteiger charge is -2.15. The van der Waals surface area contributed by atoms with Gasteiger partial charge in [0.15, 0.2) is 5.82 Å². The number of aliphatic imine (C=N–C) groups is 1. The number of nitrogens with one attached hydrogen (secondary N) is 2. The lowest BCUT2D eigenvalue weighted by Crippen LogP contribution is -2.23. The standard InChI is InChI=1S/C25H22Cl2N8O2/c1-37-20-6-7-21(28-12-20)23-11-22(17-8-18(26)10-19(27)9-17)32-35(23)14-15-2-4-16(5-3-15)25(36)29-13-24-30-33-34-31-24/h2-5,7-12,20H,6,13-14H2,1H3,(H,29,36)(H,30,31,33,34). The lowest BCUT2D eigenvalue weighted by molar-refractivity contribution is 0.0950. The molecule has 0 saturated heterocycles. The number of methoxy groups -OCH3 is 1. The number of rotatable bonds is 8. The van der Waals surface area contributed by atoms with Crippen LogP contribution in [0.4, 0.5) is 0 Å². The normalized spacial score (nSPS) is 15.0. The quantitative estimate of drug-likeness (QED) is 0.348. The zero-order valence-electron chi connectivity index (χ0n) is 19.7. The first-order valence-corrected chi connectivity index (χ1v) is 12.2. The maximum Gasteiger partial charge on any atom is 0.251 e. The van der Waals surface area contributed by atoms with E-state index in [9.17, 15) is 4.79 Å². The third kappa shape index (κ3) is 5.93. The molecule has 10 nitrogen and oxygen atoms in total. The van der Waals surface area contributed by atoms with Crippen LogP contribution in [0, 0.1) is 0 Å². The van der Waals surface area contributed by atoms with Crippen LogP contribution in [0.3, 0.4) is 0 Å². The van der Waals surface area contributed by atoms with Crippen molar-refractivity contribution in [3.8, 4) is 11.3 Å². The lowest BCUT2D eigenvalue weighted by atomic mass is 10.1. The van der Waals surface area contributed by atoms with Crippen molar-refractivity contribution < 1.29 is 9.53 Å². The number of aromatic nitrogens is 6. The highest BCUT2D eigenvalue weighted by Crippen LogP contribution is 2.30. The average molecular weight is 537 g/mol. The van der Waals surface area contributed by atoms with Crippen LogP contribution >= 0.6 is 23.2 Å². The van der Waals surface area contributed by atoms with Gasteiger partial charge in [0.05, 0.1) is 36.3 Å². The van der Waals surface area contributed by atoms with Crippen molar-refractivity contribution in [1.29, 1.82) is 0 Å². The summed E-state index contributed by atoms with van der Waals surface area (Å²) in [7, 11) is 1.66. The van der Waals surface area contributed by atoms with Gasteiger partial charge in [-0.3, -0.25) is 14.5 Å². The number of halogens is 2. The van der Waals surface area contributed by atoms with Gasteiger partial charge >= 0.3 is 0 Å². The molecule has 1 amide bonds. The van der Waals surface area contributed by atoms with Crippen molar-refractivity contribution in [3.05, 3.63) is 87.3 Å². The number of nitrogens with zero attached hydrogens (tertiary/aromatic N) is 6. The van der Waals surface area contributed by atoms with Crippen molar-refractivity contribution >= 4 is 41.0 Å². The molecule has 1 atom stereocenters. The molecule has 1 aliphatic rings. The Kier molecular flexibility index (Phi) is 7.40. The molecule has 12 heteroatoms. The predicted octanol–water partition coefficient (Wildman–Crippen LogP) is 4.18. The van der Waals surface area contributed by atoms with Gasteiger partial charge in [0.1, 0.15) is 0 Å². The Labute approximate surface area is 222 Å². The molecule has 2 N–H and O–H groups in total. The average Bonchev–Trinajstić information content (AvgIpc) is 3.58. The summed E-state index contributed by atoms with van der Waals surface area (Å²) in [6.07, 6.45) is 4.50. The van der Waals surface area contributed by atoms with Gasteiger partial charge in [0.2, 0.25) is 0 Å². The molecule has 3 heterocycles. The predicted molar refractivity (Wildman–Crippen MR) is 140 cm³/mol. The molecule has 0 fully saturated rings. The highest BCUT2D eigenvalue weighted by molar-refractivity contribution is 6.35. The van der Waals surface area contributed by atoms with Gasteiger partial charge in [0, 0.05) is 34.5 Å². The number of tetrazole rings is 1. The van der Waals surface area contributed by atoms with E-state index in [2.05, 4.69) is 30.9 Å². The Morgan fingerprint density at radius 2 is 1.95 bits per heavy atom. The fraction of sp³-hybridized carbons (Fsp3) is 0.200. The molecular formula is C25H22Cl2N8O2. The van der Waals surface area contributed by atoms with Gasteiger partial charge < -0.3 is 10.1 Å². The molecule has 2 aromatic carbocycles. The number of carbonyl (C=O) groups is 1. The van der Waals surface area contributed by atoms with E-state index in [0.717, 1.165) is 28.2 Å². The minimum Gasteiger partial charge on any atom is -0.375 e. The van der Waals surface area contributed by atoms with Crippen LogP contribution in [0.15, 0.2) is 59.6 Å². The zero-order chi connectivity index (χ0) is 25.8. The zero-order valence-corrected chi connectivity index (χ0v) is 21.2. The summed E-state index contributed by atoms with van der Waals surface area (Å²) in [6, 6.07) is 14.6. The minimum absolute atomic E-state index is 0.0506. The van der Waals surface area contributed by atoms with Crippen LogP contribution < -0.4 is 5.32 Å². The van der Waals surface area contributed by atoms with Gasteiger partial charge in [-0.1, -0.05) is 41.4 Å². The highest BCUT2D eigenvalue weighted by Gasteiger charge is 2.18. The van der Waals surface area contributed by atoms with Gasteiger partial charge in [-0.2, -0.15) is 5.10 Å². The molecule has 188 valence electrons. The fourth-order valence-electron chi connectivity index (χ4n) is 3.87. The van der Waals surface area contributed by atoms with E-state index in [4.69, 9.17) is 33.0 Å². The Morgan fingerprint density at radius 3 is 2.59 bits per heavy atom. The van der Waals surface area contributed by atoms with Crippen molar-refractivity contribution in [2.24, 2.45) is 4.99 Å².